The normalized spacial score (nSPS) is 10.4. The van der Waals surface area contributed by atoms with Gasteiger partial charge in [0.25, 0.3) is 0 Å². The van der Waals surface area contributed by atoms with Gasteiger partial charge in [-0.2, -0.15) is 0 Å². The highest BCUT2D eigenvalue weighted by molar-refractivity contribution is 7.09. The summed E-state index contributed by atoms with van der Waals surface area (Å²) in [6.45, 7) is 3.55. The standard InChI is InChI=1S/C13H12FNO2S/c1-8-7-18-13(15-8)6-17-12-5-10(14)3-4-11(12)9(2)16/h3-5,7H,6H2,1-2H3. The maximum Gasteiger partial charge on any atom is 0.163 e. The van der Waals surface area contributed by atoms with Crippen molar-refractivity contribution in [1.29, 1.82) is 0 Å². The minimum atomic E-state index is -0.426. The van der Waals surface area contributed by atoms with Crippen molar-refractivity contribution in [3.8, 4) is 5.75 Å². The van der Waals surface area contributed by atoms with Crippen molar-refractivity contribution in [3.63, 3.8) is 0 Å². The van der Waals surface area contributed by atoms with E-state index in [2.05, 4.69) is 4.98 Å². The Balaban J connectivity index is 2.17. The quantitative estimate of drug-likeness (QED) is 0.796. The largest absolute Gasteiger partial charge is 0.486 e. The van der Waals surface area contributed by atoms with Crippen molar-refractivity contribution in [3.05, 3.63) is 45.7 Å². The zero-order chi connectivity index (χ0) is 13.1. The van der Waals surface area contributed by atoms with Gasteiger partial charge in [0.1, 0.15) is 23.2 Å². The lowest BCUT2D eigenvalue weighted by atomic mass is 10.1. The lowest BCUT2D eigenvalue weighted by Crippen LogP contribution is -2.02. The first-order chi connectivity index (χ1) is 8.56. The molecule has 0 saturated carbocycles. The Morgan fingerprint density at radius 2 is 2.28 bits per heavy atom. The summed E-state index contributed by atoms with van der Waals surface area (Å²) in [5.74, 6) is -0.319. The Bertz CT molecular complexity index is 580. The highest BCUT2D eigenvalue weighted by Gasteiger charge is 2.10. The Kier molecular flexibility index (Phi) is 3.72. The Labute approximate surface area is 108 Å². The minimum Gasteiger partial charge on any atom is -0.486 e. The number of carbonyl (C=O) groups is 1. The number of nitrogens with zero attached hydrogens (tertiary/aromatic N) is 1. The van der Waals surface area contributed by atoms with E-state index < -0.39 is 5.82 Å². The van der Waals surface area contributed by atoms with Gasteiger partial charge in [0.05, 0.1) is 5.56 Å². The van der Waals surface area contributed by atoms with Crippen LogP contribution < -0.4 is 4.74 Å². The second-order valence-electron chi connectivity index (χ2n) is 3.87. The summed E-state index contributed by atoms with van der Waals surface area (Å²) in [5.41, 5.74) is 1.30. The van der Waals surface area contributed by atoms with Gasteiger partial charge in [0, 0.05) is 17.1 Å². The Hall–Kier alpha value is -1.75. The summed E-state index contributed by atoms with van der Waals surface area (Å²) in [7, 11) is 0. The predicted octanol–water partition coefficient (Wildman–Crippen LogP) is 3.37. The smallest absolute Gasteiger partial charge is 0.163 e. The fraction of sp³-hybridized carbons (Fsp3) is 0.231. The second-order valence-corrected chi connectivity index (χ2v) is 4.81. The van der Waals surface area contributed by atoms with Crippen LogP contribution in [0.2, 0.25) is 0 Å². The number of Topliss-reactive ketones (excluding diaryl/α,β-unsaturated/α-hetero) is 1. The van der Waals surface area contributed by atoms with Gasteiger partial charge < -0.3 is 4.74 Å². The summed E-state index contributed by atoms with van der Waals surface area (Å²) >= 11 is 1.47. The summed E-state index contributed by atoms with van der Waals surface area (Å²) in [4.78, 5) is 15.6. The van der Waals surface area contributed by atoms with Gasteiger partial charge in [0.2, 0.25) is 0 Å². The number of rotatable bonds is 4. The number of hydrogen-bond acceptors (Lipinski definition) is 4. The molecule has 0 N–H and O–H groups in total. The molecule has 1 aromatic heterocycles. The van der Waals surface area contributed by atoms with Crippen molar-refractivity contribution in [1.82, 2.24) is 4.98 Å². The van der Waals surface area contributed by atoms with Crippen LogP contribution in [0.15, 0.2) is 23.6 Å². The average molecular weight is 265 g/mol. The van der Waals surface area contributed by atoms with E-state index in [1.807, 2.05) is 12.3 Å². The van der Waals surface area contributed by atoms with Crippen molar-refractivity contribution >= 4 is 17.1 Å². The zero-order valence-electron chi connectivity index (χ0n) is 10.1. The fourth-order valence-electron chi connectivity index (χ4n) is 1.51. The number of halogens is 1. The first-order valence-corrected chi connectivity index (χ1v) is 6.28. The third-order valence-electron chi connectivity index (χ3n) is 2.34. The van der Waals surface area contributed by atoms with Crippen LogP contribution in [0.25, 0.3) is 0 Å². The highest BCUT2D eigenvalue weighted by atomic mass is 32.1. The van der Waals surface area contributed by atoms with E-state index in [4.69, 9.17) is 4.74 Å². The molecule has 0 aliphatic heterocycles. The number of ether oxygens (including phenoxy) is 1. The molecular weight excluding hydrogens is 253 g/mol. The molecule has 94 valence electrons. The van der Waals surface area contributed by atoms with Gasteiger partial charge in [-0.3, -0.25) is 4.79 Å². The maximum atomic E-state index is 13.1. The average Bonchev–Trinajstić information content (AvgIpc) is 2.72. The van der Waals surface area contributed by atoms with Gasteiger partial charge in [-0.05, 0) is 26.0 Å². The molecule has 2 aromatic rings. The molecule has 5 heteroatoms. The van der Waals surface area contributed by atoms with Crippen LogP contribution in [0.1, 0.15) is 28.0 Å². The number of ketones is 1. The number of benzene rings is 1. The van der Waals surface area contributed by atoms with Gasteiger partial charge in [-0.15, -0.1) is 11.3 Å². The van der Waals surface area contributed by atoms with Crippen molar-refractivity contribution in [2.45, 2.75) is 20.5 Å². The third-order valence-corrected chi connectivity index (χ3v) is 3.28. The van der Waals surface area contributed by atoms with Crippen LogP contribution in [-0.2, 0) is 6.61 Å². The molecule has 0 aliphatic rings. The van der Waals surface area contributed by atoms with Gasteiger partial charge >= 0.3 is 0 Å². The molecule has 0 atom stereocenters. The molecule has 0 spiro atoms. The molecule has 0 amide bonds. The van der Waals surface area contributed by atoms with Gasteiger partial charge in [-0.25, -0.2) is 9.37 Å². The first kappa shape index (κ1) is 12.7. The van der Waals surface area contributed by atoms with Crippen molar-refractivity contribution in [2.24, 2.45) is 0 Å². The molecule has 0 fully saturated rings. The molecule has 2 rings (SSSR count). The Morgan fingerprint density at radius 1 is 1.50 bits per heavy atom. The third kappa shape index (κ3) is 2.92. The van der Waals surface area contributed by atoms with E-state index in [9.17, 15) is 9.18 Å². The first-order valence-electron chi connectivity index (χ1n) is 5.40. The monoisotopic (exact) mass is 265 g/mol. The summed E-state index contributed by atoms with van der Waals surface area (Å²) in [5, 5.41) is 2.71. The molecule has 0 saturated heterocycles. The number of aromatic nitrogens is 1. The van der Waals surface area contributed by atoms with Gasteiger partial charge in [-0.1, -0.05) is 0 Å². The molecule has 0 aliphatic carbocycles. The highest BCUT2D eigenvalue weighted by Crippen LogP contribution is 2.22. The molecular formula is C13H12FNO2S. The second kappa shape index (κ2) is 5.27. The van der Waals surface area contributed by atoms with Gasteiger partial charge in [0.15, 0.2) is 5.78 Å². The SMILES string of the molecule is CC(=O)c1ccc(F)cc1OCc1nc(C)cs1. The molecule has 1 heterocycles. The molecule has 18 heavy (non-hydrogen) atoms. The Morgan fingerprint density at radius 3 is 2.89 bits per heavy atom. The van der Waals surface area contributed by atoms with E-state index >= 15 is 0 Å². The van der Waals surface area contributed by atoms with Crippen LogP contribution in [0.5, 0.6) is 5.75 Å². The van der Waals surface area contributed by atoms with E-state index in [1.54, 1.807) is 0 Å². The van der Waals surface area contributed by atoms with Crippen LogP contribution >= 0.6 is 11.3 Å². The predicted molar refractivity (Wildman–Crippen MR) is 67.6 cm³/mol. The fourth-order valence-corrected chi connectivity index (χ4v) is 2.20. The van der Waals surface area contributed by atoms with Crippen LogP contribution in [0, 0.1) is 12.7 Å². The number of carbonyl (C=O) groups excluding carboxylic acids is 1. The summed E-state index contributed by atoms with van der Waals surface area (Å²) in [6, 6.07) is 3.90. The summed E-state index contributed by atoms with van der Waals surface area (Å²) in [6.07, 6.45) is 0. The molecule has 1 aromatic carbocycles. The lowest BCUT2D eigenvalue weighted by Gasteiger charge is -2.08. The van der Waals surface area contributed by atoms with Crippen LogP contribution in [-0.4, -0.2) is 10.8 Å². The maximum absolute atomic E-state index is 13.1. The van der Waals surface area contributed by atoms with E-state index in [0.29, 0.717) is 5.56 Å². The summed E-state index contributed by atoms with van der Waals surface area (Å²) < 4.78 is 18.6. The number of aryl methyl sites for hydroxylation is 1. The molecule has 0 unspecified atom stereocenters. The number of thiazole rings is 1. The van der Waals surface area contributed by atoms with E-state index in [0.717, 1.165) is 10.7 Å². The van der Waals surface area contributed by atoms with Crippen LogP contribution in [0.3, 0.4) is 0 Å². The van der Waals surface area contributed by atoms with E-state index in [1.165, 1.54) is 36.5 Å². The zero-order valence-corrected chi connectivity index (χ0v) is 10.9. The lowest BCUT2D eigenvalue weighted by molar-refractivity contribution is 0.101. The van der Waals surface area contributed by atoms with E-state index in [-0.39, 0.29) is 18.1 Å². The molecule has 0 bridgehead atoms. The van der Waals surface area contributed by atoms with Crippen molar-refractivity contribution < 1.29 is 13.9 Å². The topological polar surface area (TPSA) is 39.2 Å². The molecule has 3 nitrogen and oxygen atoms in total. The molecule has 0 radical (unpaired) electrons. The number of hydrogen-bond donors (Lipinski definition) is 0. The minimum absolute atomic E-state index is 0.152. The van der Waals surface area contributed by atoms with Crippen LogP contribution in [0.4, 0.5) is 4.39 Å². The van der Waals surface area contributed by atoms with Crippen molar-refractivity contribution in [2.75, 3.05) is 0 Å².